The van der Waals surface area contributed by atoms with Crippen molar-refractivity contribution in [1.29, 1.82) is 0 Å². The summed E-state index contributed by atoms with van der Waals surface area (Å²) >= 11 is 12.3. The highest BCUT2D eigenvalue weighted by molar-refractivity contribution is 6.31. The van der Waals surface area contributed by atoms with Crippen LogP contribution in [0.4, 0.5) is 5.69 Å². The van der Waals surface area contributed by atoms with Gasteiger partial charge in [0.2, 0.25) is 17.7 Å². The van der Waals surface area contributed by atoms with Crippen LogP contribution in [0.1, 0.15) is 22.8 Å². The summed E-state index contributed by atoms with van der Waals surface area (Å²) in [7, 11) is 0. The van der Waals surface area contributed by atoms with Crippen LogP contribution in [0.25, 0.3) is 0 Å². The molecule has 3 N–H and O–H groups in total. The summed E-state index contributed by atoms with van der Waals surface area (Å²) in [6.07, 6.45) is -0.692. The molecule has 3 amide bonds. The van der Waals surface area contributed by atoms with E-state index in [0.717, 1.165) is 5.56 Å². The van der Waals surface area contributed by atoms with Gasteiger partial charge in [-0.3, -0.25) is 24.6 Å². The first-order valence-electron chi connectivity index (χ1n) is 12.0. The van der Waals surface area contributed by atoms with Crippen molar-refractivity contribution in [3.05, 3.63) is 99.5 Å². The van der Waals surface area contributed by atoms with Gasteiger partial charge in [-0.1, -0.05) is 65.7 Å². The largest absolute Gasteiger partial charge is 0.387 e. The summed E-state index contributed by atoms with van der Waals surface area (Å²) in [4.78, 5) is 42.6. The minimum atomic E-state index is -1.54. The molecule has 0 aromatic heterocycles. The van der Waals surface area contributed by atoms with Gasteiger partial charge >= 0.3 is 0 Å². The smallest absolute Gasteiger partial charge is 0.250 e. The molecule has 37 heavy (non-hydrogen) atoms. The van der Waals surface area contributed by atoms with Crippen molar-refractivity contribution >= 4 is 46.6 Å². The molecule has 188 valence electrons. The van der Waals surface area contributed by atoms with Gasteiger partial charge in [0, 0.05) is 27.8 Å². The number of amides is 3. The Hall–Kier alpha value is -3.23. The summed E-state index contributed by atoms with van der Waals surface area (Å²) in [5.74, 6) is -3.28. The van der Waals surface area contributed by atoms with Crippen LogP contribution < -0.4 is 10.6 Å². The maximum absolute atomic E-state index is 13.9. The lowest BCUT2D eigenvalue weighted by Crippen LogP contribution is -2.54. The molecule has 7 nitrogen and oxygen atoms in total. The molecular formula is C28H23Cl2N3O4. The van der Waals surface area contributed by atoms with E-state index in [1.165, 1.54) is 4.90 Å². The van der Waals surface area contributed by atoms with Crippen molar-refractivity contribution < 1.29 is 19.5 Å². The molecule has 0 unspecified atom stereocenters. The quantitative estimate of drug-likeness (QED) is 0.433. The fourth-order valence-corrected chi connectivity index (χ4v) is 6.30. The second-order valence-electron chi connectivity index (χ2n) is 9.69. The van der Waals surface area contributed by atoms with Crippen molar-refractivity contribution in [2.24, 2.45) is 11.8 Å². The number of anilines is 1. The third-order valence-corrected chi connectivity index (χ3v) is 8.21. The van der Waals surface area contributed by atoms with Gasteiger partial charge in [0.1, 0.15) is 5.54 Å². The molecule has 0 aliphatic carbocycles. The van der Waals surface area contributed by atoms with Crippen LogP contribution in [0, 0.1) is 11.8 Å². The van der Waals surface area contributed by atoms with Crippen LogP contribution in [-0.4, -0.2) is 40.3 Å². The van der Waals surface area contributed by atoms with Gasteiger partial charge in [-0.2, -0.15) is 0 Å². The first-order chi connectivity index (χ1) is 17.8. The van der Waals surface area contributed by atoms with Crippen LogP contribution in [0.2, 0.25) is 10.0 Å². The van der Waals surface area contributed by atoms with Crippen molar-refractivity contribution in [1.82, 2.24) is 10.2 Å². The minimum Gasteiger partial charge on any atom is -0.387 e. The van der Waals surface area contributed by atoms with E-state index >= 15 is 0 Å². The maximum atomic E-state index is 13.9. The number of carbonyl (C=O) groups excluding carboxylic acids is 3. The lowest BCUT2D eigenvalue weighted by Gasteiger charge is -2.30. The standard InChI is InChI=1S/C28H23Cl2N3O4/c29-17-8-6-16(7-9-17)24(34)23-21-22(26(36)33(25(21)35)13-12-15-4-2-1-3-5-15)28(32-23)19-14-18(30)10-11-20(19)31-27(28)37/h1-11,14,21-24,32,34H,12-13H2,(H,31,37)/t21-,22-,23-,24-,28-/m1/s1. The monoisotopic (exact) mass is 535 g/mol. The van der Waals surface area contributed by atoms with Gasteiger partial charge in [-0.25, -0.2) is 0 Å². The number of hydrogen-bond donors (Lipinski definition) is 3. The molecule has 3 aromatic carbocycles. The number of aliphatic hydroxyl groups excluding tert-OH is 1. The number of carbonyl (C=O) groups is 3. The Kier molecular flexibility index (Phi) is 5.84. The van der Waals surface area contributed by atoms with Gasteiger partial charge in [0.05, 0.1) is 24.0 Å². The van der Waals surface area contributed by atoms with E-state index in [-0.39, 0.29) is 6.54 Å². The van der Waals surface area contributed by atoms with Crippen molar-refractivity contribution in [2.45, 2.75) is 24.1 Å². The van der Waals surface area contributed by atoms with Gasteiger partial charge < -0.3 is 10.4 Å². The van der Waals surface area contributed by atoms with E-state index in [9.17, 15) is 19.5 Å². The van der Waals surface area contributed by atoms with Crippen molar-refractivity contribution in [2.75, 3.05) is 11.9 Å². The molecule has 9 heteroatoms. The Morgan fingerprint density at radius 3 is 2.35 bits per heavy atom. The van der Waals surface area contributed by atoms with Crippen LogP contribution in [0.3, 0.4) is 0 Å². The Morgan fingerprint density at radius 2 is 1.62 bits per heavy atom. The number of nitrogens with zero attached hydrogens (tertiary/aromatic N) is 1. The summed E-state index contributed by atoms with van der Waals surface area (Å²) < 4.78 is 0. The van der Waals surface area contributed by atoms with Crippen LogP contribution in [0.5, 0.6) is 0 Å². The number of aliphatic hydroxyl groups is 1. The van der Waals surface area contributed by atoms with Crippen molar-refractivity contribution in [3.63, 3.8) is 0 Å². The Morgan fingerprint density at radius 1 is 0.919 bits per heavy atom. The van der Waals surface area contributed by atoms with Gasteiger partial charge in [-0.15, -0.1) is 0 Å². The molecule has 0 saturated carbocycles. The van der Waals surface area contributed by atoms with E-state index in [1.54, 1.807) is 42.5 Å². The number of halogens is 2. The zero-order valence-corrected chi connectivity index (χ0v) is 21.0. The molecule has 0 radical (unpaired) electrons. The highest BCUT2D eigenvalue weighted by Crippen LogP contribution is 2.55. The Balaban J connectivity index is 1.43. The summed E-state index contributed by atoms with van der Waals surface area (Å²) in [5, 5.41) is 18.4. The molecular weight excluding hydrogens is 513 g/mol. The predicted octanol–water partition coefficient (Wildman–Crippen LogP) is 3.69. The molecule has 1 spiro atoms. The second-order valence-corrected chi connectivity index (χ2v) is 10.6. The average molecular weight is 536 g/mol. The predicted molar refractivity (Wildman–Crippen MR) is 139 cm³/mol. The van der Waals surface area contributed by atoms with Gasteiger partial charge in [0.25, 0.3) is 0 Å². The Labute approximate surface area is 223 Å². The van der Waals surface area contributed by atoms with Crippen molar-refractivity contribution in [3.8, 4) is 0 Å². The summed E-state index contributed by atoms with van der Waals surface area (Å²) in [5.41, 5.74) is 0.978. The number of rotatable bonds is 5. The fraction of sp³-hybridized carbons (Fsp3) is 0.250. The SMILES string of the molecule is O=C1[C@H]2[C@H]([C@H](O)c3ccc(Cl)cc3)N[C@@]3(C(=O)Nc4ccc(Cl)cc43)[C@H]2C(=O)N1CCc1ccccc1. The lowest BCUT2D eigenvalue weighted by molar-refractivity contribution is -0.143. The number of hydrogen-bond acceptors (Lipinski definition) is 5. The third-order valence-electron chi connectivity index (χ3n) is 7.72. The van der Waals surface area contributed by atoms with E-state index in [1.807, 2.05) is 30.3 Å². The zero-order chi connectivity index (χ0) is 25.9. The molecule has 3 aromatic rings. The molecule has 3 aliphatic heterocycles. The molecule has 5 atom stereocenters. The first kappa shape index (κ1) is 24.1. The first-order valence-corrected chi connectivity index (χ1v) is 12.8. The number of fused-ring (bicyclic) bond motifs is 4. The van der Waals surface area contributed by atoms with Gasteiger partial charge in [0.15, 0.2) is 0 Å². The topological polar surface area (TPSA) is 98.7 Å². The van der Waals surface area contributed by atoms with E-state index in [4.69, 9.17) is 23.2 Å². The van der Waals surface area contributed by atoms with E-state index in [0.29, 0.717) is 33.3 Å². The molecule has 6 rings (SSSR count). The third kappa shape index (κ3) is 3.68. The van der Waals surface area contributed by atoms with E-state index in [2.05, 4.69) is 10.6 Å². The fourth-order valence-electron chi connectivity index (χ4n) is 6.01. The van der Waals surface area contributed by atoms with Crippen LogP contribution >= 0.6 is 23.2 Å². The molecule has 2 saturated heterocycles. The number of likely N-dealkylation sites (tertiary alicyclic amines) is 1. The number of nitrogens with one attached hydrogen (secondary N) is 2. The highest BCUT2D eigenvalue weighted by atomic mass is 35.5. The highest BCUT2D eigenvalue weighted by Gasteiger charge is 2.71. The average Bonchev–Trinajstić information content (AvgIpc) is 3.48. The van der Waals surface area contributed by atoms with E-state index < -0.39 is 47.2 Å². The molecule has 3 aliphatic rings. The van der Waals surface area contributed by atoms with Gasteiger partial charge in [-0.05, 0) is 47.9 Å². The lowest BCUT2D eigenvalue weighted by atomic mass is 9.76. The number of benzene rings is 3. The molecule has 0 bridgehead atoms. The maximum Gasteiger partial charge on any atom is 0.250 e. The number of imide groups is 1. The molecule has 2 fully saturated rings. The zero-order valence-electron chi connectivity index (χ0n) is 19.5. The van der Waals surface area contributed by atoms with Crippen LogP contribution in [-0.2, 0) is 26.3 Å². The summed E-state index contributed by atoms with van der Waals surface area (Å²) in [6.45, 7) is 0.179. The molecule has 3 heterocycles. The normalized spacial score (nSPS) is 26.9. The second kappa shape index (κ2) is 8.96. The summed E-state index contributed by atoms with van der Waals surface area (Å²) in [6, 6.07) is 20.3. The Bertz CT molecular complexity index is 1410. The van der Waals surface area contributed by atoms with Crippen LogP contribution in [0.15, 0.2) is 72.8 Å². The minimum absolute atomic E-state index is 0.179.